The third-order valence-electron chi connectivity index (χ3n) is 11.3. The van der Waals surface area contributed by atoms with Gasteiger partial charge in [-0.1, -0.05) is 189 Å². The first-order chi connectivity index (χ1) is 25.6. The van der Waals surface area contributed by atoms with Crippen LogP contribution in [-0.4, -0.2) is 15.6 Å². The van der Waals surface area contributed by atoms with Crippen molar-refractivity contribution in [1.82, 2.24) is 9.97 Å². The van der Waals surface area contributed by atoms with E-state index >= 15 is 4.57 Å². The molecular weight excluding hydrogens is 652 g/mol. The van der Waals surface area contributed by atoms with Gasteiger partial charge < -0.3 is 4.57 Å². The largest absolute Gasteiger partial charge is 0.313 e. The molecule has 3 unspecified atom stereocenters. The molecule has 0 radical (unpaired) electrons. The van der Waals surface area contributed by atoms with Crippen LogP contribution in [0.3, 0.4) is 0 Å². The van der Waals surface area contributed by atoms with Crippen molar-refractivity contribution >= 4 is 17.8 Å². The van der Waals surface area contributed by atoms with Crippen molar-refractivity contribution in [3.8, 4) is 45.0 Å². The van der Waals surface area contributed by atoms with E-state index in [1.807, 2.05) is 48.5 Å². The minimum Gasteiger partial charge on any atom is -0.313 e. The monoisotopic (exact) mass is 686 g/mol. The van der Waals surface area contributed by atoms with Crippen molar-refractivity contribution in [2.75, 3.05) is 0 Å². The number of benzene rings is 6. The van der Waals surface area contributed by atoms with E-state index in [0.717, 1.165) is 44.3 Å². The fourth-order valence-corrected chi connectivity index (χ4v) is 12.3. The van der Waals surface area contributed by atoms with Crippen molar-refractivity contribution in [3.05, 3.63) is 204 Å². The standard InChI is InChI=1S/C48H35N2OP/c1-32-16-8-15-27-43(32)52(51,35-19-6-3-7-20-35)36-30-28-34(29-31-36)47-49-45(33-17-4-2-5-18-33)44-46(50-47)39-23-11-14-26-42(39)48(44)40-24-12-9-21-37(40)38-22-10-13-25-41(38)48/h2-32,43H,1H3. The van der Waals surface area contributed by atoms with Gasteiger partial charge in [0.1, 0.15) is 7.14 Å². The fraction of sp³-hybridized carbons (Fsp3) is 0.0833. The second-order valence-corrected chi connectivity index (χ2v) is 17.0. The molecule has 1 spiro atoms. The highest BCUT2D eigenvalue weighted by atomic mass is 31.2. The summed E-state index contributed by atoms with van der Waals surface area (Å²) in [5.41, 5.74) is 11.6. The maximum absolute atomic E-state index is 15.4. The summed E-state index contributed by atoms with van der Waals surface area (Å²) < 4.78 is 15.4. The molecule has 0 aliphatic heterocycles. The molecule has 3 atom stereocenters. The Morgan fingerprint density at radius 3 is 1.63 bits per heavy atom. The number of nitrogens with zero attached hydrogens (tertiary/aromatic N) is 2. The molecule has 0 amide bonds. The molecule has 3 aliphatic carbocycles. The maximum atomic E-state index is 15.4. The van der Waals surface area contributed by atoms with Gasteiger partial charge in [0, 0.05) is 38.5 Å². The molecule has 10 rings (SSSR count). The van der Waals surface area contributed by atoms with Crippen LogP contribution in [0, 0.1) is 5.92 Å². The second-order valence-electron chi connectivity index (χ2n) is 14.0. The topological polar surface area (TPSA) is 42.9 Å². The van der Waals surface area contributed by atoms with E-state index in [1.54, 1.807) is 0 Å². The highest BCUT2D eigenvalue weighted by molar-refractivity contribution is 7.79. The van der Waals surface area contributed by atoms with Crippen LogP contribution in [0.4, 0.5) is 0 Å². The Morgan fingerprint density at radius 2 is 1.00 bits per heavy atom. The van der Waals surface area contributed by atoms with E-state index in [9.17, 15) is 0 Å². The van der Waals surface area contributed by atoms with Crippen LogP contribution in [0.5, 0.6) is 0 Å². The first-order valence-electron chi connectivity index (χ1n) is 18.0. The van der Waals surface area contributed by atoms with Crippen molar-refractivity contribution in [3.63, 3.8) is 0 Å². The molecule has 0 fully saturated rings. The number of allylic oxidation sites excluding steroid dienone is 4. The predicted octanol–water partition coefficient (Wildman–Crippen LogP) is 10.6. The van der Waals surface area contributed by atoms with Gasteiger partial charge >= 0.3 is 0 Å². The zero-order valence-electron chi connectivity index (χ0n) is 28.7. The molecule has 1 aromatic heterocycles. The lowest BCUT2D eigenvalue weighted by Crippen LogP contribution is -2.29. The van der Waals surface area contributed by atoms with Gasteiger partial charge in [-0.05, 0) is 33.7 Å². The SMILES string of the molecule is CC1C=CC=CC1P(=O)(c1ccccc1)c1ccc(-c2nc(-c3ccccc3)c3c(n2)-c2ccccc2C32c3ccccc3-c3ccccc32)cc1. The van der Waals surface area contributed by atoms with Crippen molar-refractivity contribution < 1.29 is 4.57 Å². The highest BCUT2D eigenvalue weighted by Crippen LogP contribution is 2.64. The molecule has 248 valence electrons. The van der Waals surface area contributed by atoms with Gasteiger partial charge in [0.15, 0.2) is 5.82 Å². The minimum atomic E-state index is -3.04. The number of hydrogen-bond donors (Lipinski definition) is 0. The molecule has 6 aromatic carbocycles. The molecule has 0 bridgehead atoms. The van der Waals surface area contributed by atoms with Gasteiger partial charge in [0.2, 0.25) is 0 Å². The van der Waals surface area contributed by atoms with Gasteiger partial charge in [-0.25, -0.2) is 9.97 Å². The fourth-order valence-electron chi connectivity index (χ4n) is 9.02. The van der Waals surface area contributed by atoms with Crippen LogP contribution in [0.15, 0.2) is 182 Å². The van der Waals surface area contributed by atoms with Gasteiger partial charge in [-0.2, -0.15) is 0 Å². The van der Waals surface area contributed by atoms with Crippen LogP contribution in [-0.2, 0) is 9.98 Å². The first-order valence-corrected chi connectivity index (χ1v) is 19.8. The Bertz CT molecular complexity index is 2580. The van der Waals surface area contributed by atoms with Crippen molar-refractivity contribution in [2.45, 2.75) is 18.0 Å². The van der Waals surface area contributed by atoms with E-state index in [1.165, 1.54) is 27.8 Å². The van der Waals surface area contributed by atoms with Crippen LogP contribution >= 0.6 is 7.14 Å². The summed E-state index contributed by atoms with van der Waals surface area (Å²) in [5, 5.41) is 1.71. The number of aromatic nitrogens is 2. The number of hydrogen-bond acceptors (Lipinski definition) is 3. The van der Waals surface area contributed by atoms with E-state index in [4.69, 9.17) is 9.97 Å². The van der Waals surface area contributed by atoms with E-state index in [-0.39, 0.29) is 11.6 Å². The summed E-state index contributed by atoms with van der Waals surface area (Å²) in [6.07, 6.45) is 8.36. The molecular formula is C48H35N2OP. The lowest BCUT2D eigenvalue weighted by molar-refractivity contribution is 0.572. The summed E-state index contributed by atoms with van der Waals surface area (Å²) in [7, 11) is -3.04. The maximum Gasteiger partial charge on any atom is 0.160 e. The molecule has 0 saturated carbocycles. The van der Waals surface area contributed by atoms with Gasteiger partial charge in [0.05, 0.1) is 16.8 Å². The molecule has 0 saturated heterocycles. The lowest BCUT2D eigenvalue weighted by Gasteiger charge is -2.31. The average molecular weight is 687 g/mol. The summed E-state index contributed by atoms with van der Waals surface area (Å²) in [6, 6.07) is 55.1. The average Bonchev–Trinajstić information content (AvgIpc) is 3.68. The molecule has 3 nitrogen and oxygen atoms in total. The third kappa shape index (κ3) is 4.30. The summed E-state index contributed by atoms with van der Waals surface area (Å²) >= 11 is 0. The molecule has 1 heterocycles. The van der Waals surface area contributed by atoms with E-state index in [2.05, 4.69) is 140 Å². The van der Waals surface area contributed by atoms with E-state index in [0.29, 0.717) is 5.82 Å². The van der Waals surface area contributed by atoms with Crippen molar-refractivity contribution in [1.29, 1.82) is 0 Å². The van der Waals surface area contributed by atoms with Crippen LogP contribution < -0.4 is 10.6 Å². The molecule has 3 aliphatic rings. The first kappa shape index (κ1) is 30.9. The van der Waals surface area contributed by atoms with Gasteiger partial charge in [-0.3, -0.25) is 0 Å². The van der Waals surface area contributed by atoms with Crippen LogP contribution in [0.25, 0.3) is 45.0 Å². The zero-order valence-corrected chi connectivity index (χ0v) is 29.6. The quantitative estimate of drug-likeness (QED) is 0.169. The Balaban J connectivity index is 1.20. The van der Waals surface area contributed by atoms with Gasteiger partial charge in [0.25, 0.3) is 0 Å². The highest BCUT2D eigenvalue weighted by Gasteiger charge is 2.54. The summed E-state index contributed by atoms with van der Waals surface area (Å²) in [4.78, 5) is 11.0. The Kier molecular flexibility index (Phi) is 7.03. The Morgan fingerprint density at radius 1 is 0.500 bits per heavy atom. The van der Waals surface area contributed by atoms with Crippen LogP contribution in [0.2, 0.25) is 0 Å². The summed E-state index contributed by atoms with van der Waals surface area (Å²) in [5.74, 6) is 0.793. The molecule has 7 aromatic rings. The smallest absolute Gasteiger partial charge is 0.160 e. The number of fused-ring (bicyclic) bond motifs is 10. The van der Waals surface area contributed by atoms with Crippen molar-refractivity contribution in [2.24, 2.45) is 5.92 Å². The normalized spacial score (nSPS) is 18.3. The number of rotatable bonds is 5. The third-order valence-corrected chi connectivity index (χ3v) is 14.9. The molecule has 52 heavy (non-hydrogen) atoms. The zero-order chi connectivity index (χ0) is 34.9. The second kappa shape index (κ2) is 11.8. The Labute approximate surface area is 304 Å². The lowest BCUT2D eigenvalue weighted by atomic mass is 9.69. The predicted molar refractivity (Wildman–Crippen MR) is 214 cm³/mol. The molecule has 4 heteroatoms. The van der Waals surface area contributed by atoms with Gasteiger partial charge in [-0.15, -0.1) is 0 Å². The van der Waals surface area contributed by atoms with Crippen LogP contribution in [0.1, 0.15) is 29.2 Å². The Hall–Kier alpha value is -5.89. The van der Waals surface area contributed by atoms with E-state index < -0.39 is 12.6 Å². The molecule has 0 N–H and O–H groups in total. The summed E-state index contributed by atoms with van der Waals surface area (Å²) in [6.45, 7) is 2.16. The minimum absolute atomic E-state index is 0.128.